The van der Waals surface area contributed by atoms with Crippen LogP contribution in [0.3, 0.4) is 0 Å². The van der Waals surface area contributed by atoms with Gasteiger partial charge in [-0.25, -0.2) is 0 Å². The third-order valence-corrected chi connectivity index (χ3v) is 3.05. The molecule has 1 unspecified atom stereocenters. The second kappa shape index (κ2) is 5.28. The number of nitrogens with two attached hydrogens (primary N) is 1. The third kappa shape index (κ3) is 2.79. The van der Waals surface area contributed by atoms with Crippen LogP contribution in [0.15, 0.2) is 0 Å². The third-order valence-electron chi connectivity index (χ3n) is 3.05. The van der Waals surface area contributed by atoms with Crippen LogP contribution in [0.2, 0.25) is 0 Å². The molecule has 4 nitrogen and oxygen atoms in total. The zero-order chi connectivity index (χ0) is 11.4. The van der Waals surface area contributed by atoms with Crippen LogP contribution < -0.4 is 5.73 Å². The van der Waals surface area contributed by atoms with E-state index in [1.165, 1.54) is 11.3 Å². The predicted octanol–water partition coefficient (Wildman–Crippen LogP) is 0.537. The van der Waals surface area contributed by atoms with Crippen molar-refractivity contribution in [2.75, 3.05) is 13.2 Å². The lowest BCUT2D eigenvalue weighted by Gasteiger charge is -2.10. The fourth-order valence-corrected chi connectivity index (χ4v) is 1.81. The Kier molecular flexibility index (Phi) is 4.29. The van der Waals surface area contributed by atoms with E-state index in [4.69, 9.17) is 10.8 Å². The Hall–Kier alpha value is -0.870. The van der Waals surface area contributed by atoms with Crippen molar-refractivity contribution in [1.82, 2.24) is 9.78 Å². The van der Waals surface area contributed by atoms with Gasteiger partial charge in [-0.15, -0.1) is 0 Å². The second-order valence-electron chi connectivity index (χ2n) is 4.10. The minimum atomic E-state index is 0.175. The van der Waals surface area contributed by atoms with E-state index in [1.54, 1.807) is 0 Å². The highest BCUT2D eigenvalue weighted by Crippen LogP contribution is 2.16. The minimum Gasteiger partial charge on any atom is -0.396 e. The molecule has 0 amide bonds. The predicted molar refractivity (Wildman–Crippen MR) is 60.6 cm³/mol. The summed E-state index contributed by atoms with van der Waals surface area (Å²) >= 11 is 0. The van der Waals surface area contributed by atoms with Gasteiger partial charge in [-0.2, -0.15) is 5.10 Å². The highest BCUT2D eigenvalue weighted by molar-refractivity contribution is 5.24. The molecule has 0 aromatic carbocycles. The monoisotopic (exact) mass is 211 g/mol. The van der Waals surface area contributed by atoms with Crippen LogP contribution in [0.4, 0.5) is 0 Å². The summed E-state index contributed by atoms with van der Waals surface area (Å²) in [4.78, 5) is 0. The zero-order valence-corrected chi connectivity index (χ0v) is 9.82. The van der Waals surface area contributed by atoms with Crippen LogP contribution in [0.25, 0.3) is 0 Å². The van der Waals surface area contributed by atoms with Crippen LogP contribution in [-0.4, -0.2) is 28.0 Å². The molecule has 1 rings (SSSR count). The number of aromatic nitrogens is 2. The Labute approximate surface area is 91.1 Å². The number of aryl methyl sites for hydroxylation is 2. The molecule has 0 saturated heterocycles. The molecule has 0 bridgehead atoms. The largest absolute Gasteiger partial charge is 0.396 e. The van der Waals surface area contributed by atoms with Gasteiger partial charge >= 0.3 is 0 Å². The summed E-state index contributed by atoms with van der Waals surface area (Å²) in [6.07, 6.45) is 1.88. The molecule has 86 valence electrons. The molecule has 15 heavy (non-hydrogen) atoms. The number of aliphatic hydroxyl groups is 1. The van der Waals surface area contributed by atoms with E-state index in [0.29, 0.717) is 6.54 Å². The van der Waals surface area contributed by atoms with E-state index in [9.17, 15) is 0 Å². The van der Waals surface area contributed by atoms with Crippen molar-refractivity contribution in [3.8, 4) is 0 Å². The fourth-order valence-electron chi connectivity index (χ4n) is 1.81. The summed E-state index contributed by atoms with van der Waals surface area (Å²) in [5, 5.41) is 13.4. The molecule has 0 aliphatic heterocycles. The van der Waals surface area contributed by atoms with E-state index in [1.807, 2.05) is 18.7 Å². The highest BCUT2D eigenvalue weighted by Gasteiger charge is 2.11. The maximum atomic E-state index is 9.05. The molecule has 0 aliphatic carbocycles. The van der Waals surface area contributed by atoms with Crippen molar-refractivity contribution in [2.24, 2.45) is 18.7 Å². The molecular weight excluding hydrogens is 190 g/mol. The second-order valence-corrected chi connectivity index (χ2v) is 4.10. The van der Waals surface area contributed by atoms with Crippen molar-refractivity contribution in [3.63, 3.8) is 0 Å². The standard InChI is InChI=1S/C11H21N3O/c1-8-11(9(2)14(3)13-8)5-4-10(6-12)7-15/h10,15H,4-7,12H2,1-3H3. The van der Waals surface area contributed by atoms with Crippen LogP contribution >= 0.6 is 0 Å². The number of rotatable bonds is 5. The van der Waals surface area contributed by atoms with E-state index in [0.717, 1.165) is 18.5 Å². The Morgan fingerprint density at radius 3 is 2.53 bits per heavy atom. The van der Waals surface area contributed by atoms with Gasteiger partial charge in [0.1, 0.15) is 0 Å². The first-order valence-corrected chi connectivity index (χ1v) is 5.40. The number of aliphatic hydroxyl groups excluding tert-OH is 1. The number of nitrogens with zero attached hydrogens (tertiary/aromatic N) is 2. The summed E-state index contributed by atoms with van der Waals surface area (Å²) in [7, 11) is 1.96. The molecule has 0 aliphatic rings. The normalized spacial score (nSPS) is 13.1. The molecular formula is C11H21N3O. The quantitative estimate of drug-likeness (QED) is 0.747. The molecule has 0 fully saturated rings. The first-order chi connectivity index (χ1) is 7.10. The molecule has 1 aromatic heterocycles. The van der Waals surface area contributed by atoms with Crippen molar-refractivity contribution in [3.05, 3.63) is 17.0 Å². The van der Waals surface area contributed by atoms with Crippen LogP contribution in [0, 0.1) is 19.8 Å². The van der Waals surface area contributed by atoms with Gasteiger partial charge in [0, 0.05) is 19.3 Å². The topological polar surface area (TPSA) is 64.1 Å². The smallest absolute Gasteiger partial charge is 0.0628 e. The van der Waals surface area contributed by atoms with E-state index < -0.39 is 0 Å². The Balaban J connectivity index is 2.64. The number of hydrogen-bond donors (Lipinski definition) is 2. The van der Waals surface area contributed by atoms with E-state index in [-0.39, 0.29) is 12.5 Å². The van der Waals surface area contributed by atoms with Gasteiger partial charge in [0.2, 0.25) is 0 Å². The van der Waals surface area contributed by atoms with Crippen LogP contribution in [0.1, 0.15) is 23.4 Å². The van der Waals surface area contributed by atoms with Crippen LogP contribution in [-0.2, 0) is 13.5 Å². The lowest BCUT2D eigenvalue weighted by Crippen LogP contribution is -2.18. The Morgan fingerprint density at radius 1 is 1.47 bits per heavy atom. The molecule has 0 saturated carbocycles. The molecule has 1 heterocycles. The van der Waals surface area contributed by atoms with Gasteiger partial charge in [0.25, 0.3) is 0 Å². The summed E-state index contributed by atoms with van der Waals surface area (Å²) in [6.45, 7) is 4.83. The summed E-state index contributed by atoms with van der Waals surface area (Å²) < 4.78 is 1.90. The van der Waals surface area contributed by atoms with Gasteiger partial charge in [0.15, 0.2) is 0 Å². The zero-order valence-electron chi connectivity index (χ0n) is 9.82. The van der Waals surface area contributed by atoms with E-state index >= 15 is 0 Å². The summed E-state index contributed by atoms with van der Waals surface area (Å²) in [5.41, 5.74) is 9.14. The molecule has 1 atom stereocenters. The van der Waals surface area contributed by atoms with Crippen molar-refractivity contribution < 1.29 is 5.11 Å². The van der Waals surface area contributed by atoms with Crippen molar-refractivity contribution in [2.45, 2.75) is 26.7 Å². The average Bonchev–Trinajstić information content (AvgIpc) is 2.45. The lowest BCUT2D eigenvalue weighted by atomic mass is 9.99. The highest BCUT2D eigenvalue weighted by atomic mass is 16.3. The summed E-state index contributed by atoms with van der Waals surface area (Å²) in [5.74, 6) is 0.212. The Morgan fingerprint density at radius 2 is 2.13 bits per heavy atom. The van der Waals surface area contributed by atoms with Gasteiger partial charge < -0.3 is 10.8 Å². The maximum absolute atomic E-state index is 9.05. The SMILES string of the molecule is Cc1nn(C)c(C)c1CCC(CN)CO. The first-order valence-electron chi connectivity index (χ1n) is 5.40. The van der Waals surface area contributed by atoms with Gasteiger partial charge in [-0.1, -0.05) is 0 Å². The molecule has 0 radical (unpaired) electrons. The average molecular weight is 211 g/mol. The molecule has 3 N–H and O–H groups in total. The Bertz CT molecular complexity index is 316. The fraction of sp³-hybridized carbons (Fsp3) is 0.727. The van der Waals surface area contributed by atoms with Crippen molar-refractivity contribution >= 4 is 0 Å². The first kappa shape index (κ1) is 12.2. The van der Waals surface area contributed by atoms with E-state index in [2.05, 4.69) is 12.0 Å². The maximum Gasteiger partial charge on any atom is 0.0628 e. The van der Waals surface area contributed by atoms with Gasteiger partial charge in [-0.05, 0) is 44.7 Å². The van der Waals surface area contributed by atoms with Crippen LogP contribution in [0.5, 0.6) is 0 Å². The minimum absolute atomic E-state index is 0.175. The van der Waals surface area contributed by atoms with Gasteiger partial charge in [0.05, 0.1) is 5.69 Å². The molecule has 0 spiro atoms. The summed E-state index contributed by atoms with van der Waals surface area (Å²) in [6, 6.07) is 0. The van der Waals surface area contributed by atoms with Gasteiger partial charge in [-0.3, -0.25) is 4.68 Å². The molecule has 4 heteroatoms. The lowest BCUT2D eigenvalue weighted by molar-refractivity contribution is 0.223. The van der Waals surface area contributed by atoms with Crippen molar-refractivity contribution in [1.29, 1.82) is 0 Å². The number of hydrogen-bond acceptors (Lipinski definition) is 3. The molecule has 1 aromatic rings.